The van der Waals surface area contributed by atoms with Crippen molar-refractivity contribution in [3.63, 3.8) is 0 Å². The Morgan fingerprint density at radius 1 is 0.923 bits per heavy atom. The molecule has 0 saturated carbocycles. The standard InChI is InChI=1S/C12H17NO2.C7H8O3S/c1-7(2)10-5-9(14)6-11(8(3)4)12(10)13-15;1-6-2-4-7(5-3-6)11(8,9)10/h5-8,15H,1-4H3;2-5H,1H3,(H,8,9,10). The van der Waals surface area contributed by atoms with Gasteiger partial charge in [-0.2, -0.15) is 8.42 Å². The Morgan fingerprint density at radius 3 is 1.65 bits per heavy atom. The van der Waals surface area contributed by atoms with E-state index in [0.29, 0.717) is 5.71 Å². The van der Waals surface area contributed by atoms with E-state index in [2.05, 4.69) is 5.16 Å². The third-order valence-corrected chi connectivity index (χ3v) is 4.67. The average Bonchev–Trinajstić information content (AvgIpc) is 2.54. The zero-order chi connectivity index (χ0) is 20.1. The van der Waals surface area contributed by atoms with Gasteiger partial charge in [0.25, 0.3) is 10.1 Å². The number of benzene rings is 1. The molecule has 1 aromatic rings. The lowest BCUT2D eigenvalue weighted by atomic mass is 9.83. The van der Waals surface area contributed by atoms with E-state index in [1.165, 1.54) is 12.1 Å². The lowest BCUT2D eigenvalue weighted by Gasteiger charge is -2.21. The zero-order valence-corrected chi connectivity index (χ0v) is 16.4. The summed E-state index contributed by atoms with van der Waals surface area (Å²) >= 11 is 0. The molecule has 2 rings (SSSR count). The second-order valence-electron chi connectivity index (χ2n) is 6.65. The third kappa shape index (κ3) is 5.93. The summed E-state index contributed by atoms with van der Waals surface area (Å²) in [4.78, 5) is 11.4. The molecule has 1 aliphatic rings. The first kappa shape index (κ1) is 21.8. The molecule has 1 aliphatic carbocycles. The maximum Gasteiger partial charge on any atom is 0.294 e. The number of rotatable bonds is 3. The second-order valence-corrected chi connectivity index (χ2v) is 8.07. The van der Waals surface area contributed by atoms with Gasteiger partial charge in [-0.05, 0) is 54.2 Å². The number of hydrogen-bond acceptors (Lipinski definition) is 5. The molecule has 0 aromatic heterocycles. The Labute approximate surface area is 154 Å². The van der Waals surface area contributed by atoms with Gasteiger partial charge in [0.2, 0.25) is 0 Å². The molecule has 0 fully saturated rings. The van der Waals surface area contributed by atoms with E-state index in [-0.39, 0.29) is 22.5 Å². The predicted octanol–water partition coefficient (Wildman–Crippen LogP) is 3.81. The van der Waals surface area contributed by atoms with Gasteiger partial charge < -0.3 is 5.21 Å². The Balaban J connectivity index is 0.000000273. The largest absolute Gasteiger partial charge is 0.410 e. The molecule has 0 heterocycles. The molecule has 7 heteroatoms. The molecular formula is C19H25NO5S. The van der Waals surface area contributed by atoms with Crippen LogP contribution >= 0.6 is 0 Å². The van der Waals surface area contributed by atoms with E-state index < -0.39 is 10.1 Å². The average molecular weight is 379 g/mol. The summed E-state index contributed by atoms with van der Waals surface area (Å²) in [5.74, 6) is 0.347. The fraction of sp³-hybridized carbons (Fsp3) is 0.368. The van der Waals surface area contributed by atoms with E-state index >= 15 is 0 Å². The van der Waals surface area contributed by atoms with E-state index in [9.17, 15) is 13.2 Å². The summed E-state index contributed by atoms with van der Waals surface area (Å²) in [5, 5.41) is 12.3. The number of hydrogen-bond donors (Lipinski definition) is 2. The van der Waals surface area contributed by atoms with Crippen LogP contribution in [0.25, 0.3) is 0 Å². The van der Waals surface area contributed by atoms with Gasteiger partial charge in [-0.1, -0.05) is 50.5 Å². The molecule has 0 amide bonds. The quantitative estimate of drug-likeness (QED) is 0.360. The van der Waals surface area contributed by atoms with Crippen LogP contribution in [0.1, 0.15) is 33.3 Å². The number of aryl methyl sites for hydroxylation is 1. The number of allylic oxidation sites excluding steroid dienone is 4. The highest BCUT2D eigenvalue weighted by Crippen LogP contribution is 2.25. The molecule has 0 saturated heterocycles. The Hall–Kier alpha value is -2.25. The number of ketones is 1. The van der Waals surface area contributed by atoms with Crippen molar-refractivity contribution < 1.29 is 23.0 Å². The van der Waals surface area contributed by atoms with Gasteiger partial charge in [0.15, 0.2) is 5.78 Å². The van der Waals surface area contributed by atoms with Crippen LogP contribution in [0.4, 0.5) is 0 Å². The van der Waals surface area contributed by atoms with Crippen LogP contribution in [0.3, 0.4) is 0 Å². The highest BCUT2D eigenvalue weighted by atomic mass is 32.2. The number of carbonyl (C=O) groups is 1. The van der Waals surface area contributed by atoms with Crippen LogP contribution in [0.2, 0.25) is 0 Å². The van der Waals surface area contributed by atoms with Crippen molar-refractivity contribution >= 4 is 21.6 Å². The van der Waals surface area contributed by atoms with E-state index in [0.717, 1.165) is 16.7 Å². The SMILES string of the molecule is CC(C)C1=CC(=O)C=C(C(C)C)C1=NO.Cc1ccc(S(=O)(=O)O)cc1. The number of oxime groups is 1. The maximum absolute atomic E-state index is 11.5. The summed E-state index contributed by atoms with van der Waals surface area (Å²) in [5.41, 5.74) is 3.14. The fourth-order valence-electron chi connectivity index (χ4n) is 2.36. The molecule has 0 aliphatic heterocycles. The number of nitrogens with zero attached hydrogens (tertiary/aromatic N) is 1. The summed E-state index contributed by atoms with van der Waals surface area (Å²) < 4.78 is 29.6. The van der Waals surface area contributed by atoms with E-state index in [1.807, 2.05) is 34.6 Å². The predicted molar refractivity (Wildman–Crippen MR) is 101 cm³/mol. The molecule has 142 valence electrons. The number of carbonyl (C=O) groups excluding carboxylic acids is 1. The molecule has 6 nitrogen and oxygen atoms in total. The van der Waals surface area contributed by atoms with Gasteiger partial charge in [0.05, 0.1) is 4.90 Å². The maximum atomic E-state index is 11.5. The van der Waals surface area contributed by atoms with Crippen molar-refractivity contribution in [3.8, 4) is 0 Å². The first-order valence-electron chi connectivity index (χ1n) is 8.21. The van der Waals surface area contributed by atoms with Crippen molar-refractivity contribution in [3.05, 3.63) is 53.1 Å². The second kappa shape index (κ2) is 8.91. The fourth-order valence-corrected chi connectivity index (χ4v) is 2.84. The Morgan fingerprint density at radius 2 is 1.35 bits per heavy atom. The highest BCUT2D eigenvalue weighted by Gasteiger charge is 2.24. The van der Waals surface area contributed by atoms with Crippen LogP contribution in [-0.4, -0.2) is 29.7 Å². The van der Waals surface area contributed by atoms with Crippen LogP contribution in [-0.2, 0) is 14.9 Å². The summed E-state index contributed by atoms with van der Waals surface area (Å²) in [6.45, 7) is 9.76. The molecule has 0 radical (unpaired) electrons. The summed E-state index contributed by atoms with van der Waals surface area (Å²) in [7, 11) is -4.02. The van der Waals surface area contributed by atoms with Crippen molar-refractivity contribution in [1.29, 1.82) is 0 Å². The van der Waals surface area contributed by atoms with Gasteiger partial charge in [-0.15, -0.1) is 0 Å². The Kier molecular flexibility index (Phi) is 7.47. The first-order valence-corrected chi connectivity index (χ1v) is 9.65. The van der Waals surface area contributed by atoms with Crippen molar-refractivity contribution in [2.75, 3.05) is 0 Å². The van der Waals surface area contributed by atoms with Crippen molar-refractivity contribution in [1.82, 2.24) is 0 Å². The third-order valence-electron chi connectivity index (χ3n) is 3.81. The van der Waals surface area contributed by atoms with Gasteiger partial charge in [0, 0.05) is 0 Å². The summed E-state index contributed by atoms with van der Waals surface area (Å²) in [6, 6.07) is 5.99. The monoisotopic (exact) mass is 379 g/mol. The lowest BCUT2D eigenvalue weighted by molar-refractivity contribution is -0.110. The molecule has 26 heavy (non-hydrogen) atoms. The molecule has 1 aromatic carbocycles. The molecule has 0 spiro atoms. The Bertz CT molecular complexity index is 814. The van der Waals surface area contributed by atoms with Gasteiger partial charge in [-0.25, -0.2) is 0 Å². The van der Waals surface area contributed by atoms with Crippen molar-refractivity contribution in [2.45, 2.75) is 39.5 Å². The van der Waals surface area contributed by atoms with Crippen molar-refractivity contribution in [2.24, 2.45) is 17.0 Å². The van der Waals surface area contributed by atoms with E-state index in [1.54, 1.807) is 24.3 Å². The minimum Gasteiger partial charge on any atom is -0.410 e. The van der Waals surface area contributed by atoms with Crippen LogP contribution < -0.4 is 0 Å². The molecular weight excluding hydrogens is 354 g/mol. The minimum absolute atomic E-state index is 0.0187. The van der Waals surface area contributed by atoms with Crippen LogP contribution in [0.5, 0.6) is 0 Å². The van der Waals surface area contributed by atoms with Gasteiger partial charge in [0.1, 0.15) is 5.71 Å². The topological polar surface area (TPSA) is 104 Å². The zero-order valence-electron chi connectivity index (χ0n) is 15.6. The normalized spacial score (nSPS) is 14.6. The van der Waals surface area contributed by atoms with Crippen LogP contribution in [0, 0.1) is 18.8 Å². The highest BCUT2D eigenvalue weighted by molar-refractivity contribution is 7.85. The lowest BCUT2D eigenvalue weighted by Crippen LogP contribution is -2.21. The molecule has 2 N–H and O–H groups in total. The molecule has 0 bridgehead atoms. The van der Waals surface area contributed by atoms with Crippen LogP contribution in [0.15, 0.2) is 57.6 Å². The van der Waals surface area contributed by atoms with Gasteiger partial charge >= 0.3 is 0 Å². The van der Waals surface area contributed by atoms with Gasteiger partial charge in [-0.3, -0.25) is 9.35 Å². The first-order chi connectivity index (χ1) is 12.0. The smallest absolute Gasteiger partial charge is 0.294 e. The molecule has 0 unspecified atom stereocenters. The molecule has 0 atom stereocenters. The minimum atomic E-state index is -4.02. The van der Waals surface area contributed by atoms with E-state index in [4.69, 9.17) is 9.76 Å². The summed E-state index contributed by atoms with van der Waals surface area (Å²) in [6.07, 6.45) is 3.09.